The predicted molar refractivity (Wildman–Crippen MR) is 153 cm³/mol. The van der Waals surface area contributed by atoms with Crippen molar-refractivity contribution in [2.75, 3.05) is 18.1 Å². The van der Waals surface area contributed by atoms with Gasteiger partial charge in [-0.25, -0.2) is 15.0 Å². The van der Waals surface area contributed by atoms with Crippen molar-refractivity contribution in [2.45, 2.75) is 38.6 Å². The van der Waals surface area contributed by atoms with Gasteiger partial charge in [-0.2, -0.15) is 10.6 Å². The first kappa shape index (κ1) is 26.5. The Morgan fingerprint density at radius 2 is 1.95 bits per heavy atom. The Labute approximate surface area is 226 Å². The van der Waals surface area contributed by atoms with Gasteiger partial charge < -0.3 is 15.4 Å². The summed E-state index contributed by atoms with van der Waals surface area (Å²) in [6.07, 6.45) is 5.55. The number of H-pyrrole nitrogens is 1. The molecule has 4 aromatic rings. The Morgan fingerprint density at radius 1 is 1.18 bits per heavy atom. The second-order valence-corrected chi connectivity index (χ2v) is 13.8. The molecule has 1 aromatic carbocycles. The van der Waals surface area contributed by atoms with Crippen LogP contribution >= 0.6 is 21.9 Å². The van der Waals surface area contributed by atoms with E-state index in [9.17, 15) is 19.0 Å². The number of aromatic amines is 1. The predicted octanol–water partition coefficient (Wildman–Crippen LogP) is 5.38. The number of nitrogens with zero attached hydrogens (tertiary/aromatic N) is 3. The van der Waals surface area contributed by atoms with Gasteiger partial charge in [-0.05, 0) is 23.6 Å². The van der Waals surface area contributed by atoms with E-state index in [-0.39, 0.29) is 23.7 Å². The molecule has 1 aliphatic rings. The van der Waals surface area contributed by atoms with E-state index in [0.29, 0.717) is 22.7 Å². The maximum Gasteiger partial charge on any atom is 0.263 e. The standard InChI is InChI=1S/C27H31N5O4S2/c1-27(2,3)26-28-13-22(37-26)25(34)32-21(14-33)16-4-6-18(7-5-16)23-19-12-20(31-24(19)30-15-29-23)17-8-10-38(35,36)11-9-17/h4-8,12-13,15,21,33,35-36H,9-11,14H2,1-3H3,(H,32,34)(H,29,30,31). The van der Waals surface area contributed by atoms with Crippen molar-refractivity contribution >= 4 is 44.4 Å². The number of allylic oxidation sites excluding steroid dienone is 1. The van der Waals surface area contributed by atoms with Crippen LogP contribution in [0.3, 0.4) is 0 Å². The highest BCUT2D eigenvalue weighted by Crippen LogP contribution is 2.45. The summed E-state index contributed by atoms with van der Waals surface area (Å²) >= 11 is 1.36. The van der Waals surface area contributed by atoms with E-state index in [1.165, 1.54) is 17.7 Å². The van der Waals surface area contributed by atoms with Gasteiger partial charge in [0.15, 0.2) is 0 Å². The molecule has 11 heteroatoms. The molecule has 1 amide bonds. The molecule has 1 aliphatic heterocycles. The molecule has 200 valence electrons. The largest absolute Gasteiger partial charge is 0.394 e. The van der Waals surface area contributed by atoms with Gasteiger partial charge in [-0.15, -0.1) is 11.3 Å². The zero-order chi connectivity index (χ0) is 27.1. The lowest BCUT2D eigenvalue weighted by Crippen LogP contribution is -2.30. The number of carbonyl (C=O) groups is 1. The van der Waals surface area contributed by atoms with Crippen LogP contribution in [0.5, 0.6) is 0 Å². The van der Waals surface area contributed by atoms with Crippen LogP contribution in [0.15, 0.2) is 48.9 Å². The van der Waals surface area contributed by atoms with Crippen LogP contribution < -0.4 is 5.32 Å². The first-order chi connectivity index (χ1) is 18.0. The quantitative estimate of drug-likeness (QED) is 0.216. The van der Waals surface area contributed by atoms with Gasteiger partial charge in [0.2, 0.25) is 0 Å². The Hall–Kier alpha value is -3.09. The van der Waals surface area contributed by atoms with Gasteiger partial charge in [-0.3, -0.25) is 13.9 Å². The molecule has 0 spiro atoms. The van der Waals surface area contributed by atoms with Crippen LogP contribution in [0, 0.1) is 0 Å². The number of aliphatic hydroxyl groups is 1. The lowest BCUT2D eigenvalue weighted by molar-refractivity contribution is 0.0920. The monoisotopic (exact) mass is 553 g/mol. The number of hydrogen-bond acceptors (Lipinski definition) is 8. The highest BCUT2D eigenvalue weighted by molar-refractivity contribution is 8.24. The van der Waals surface area contributed by atoms with Gasteiger partial charge in [-0.1, -0.05) is 51.1 Å². The van der Waals surface area contributed by atoms with Crippen molar-refractivity contribution in [1.82, 2.24) is 25.3 Å². The third-order valence-corrected chi connectivity index (χ3v) is 9.49. The van der Waals surface area contributed by atoms with Crippen molar-refractivity contribution in [3.8, 4) is 11.3 Å². The molecule has 1 unspecified atom stereocenters. The van der Waals surface area contributed by atoms with E-state index in [2.05, 4.69) is 46.0 Å². The number of fused-ring (bicyclic) bond motifs is 1. The highest BCUT2D eigenvalue weighted by atomic mass is 32.3. The number of rotatable bonds is 6. The number of carbonyl (C=O) groups excluding carboxylic acids is 1. The summed E-state index contributed by atoms with van der Waals surface area (Å²) in [7, 11) is -2.51. The van der Waals surface area contributed by atoms with Crippen molar-refractivity contribution in [1.29, 1.82) is 0 Å². The Bertz CT molecular complexity index is 1500. The van der Waals surface area contributed by atoms with Crippen LogP contribution in [0.4, 0.5) is 0 Å². The van der Waals surface area contributed by atoms with E-state index in [4.69, 9.17) is 0 Å². The van der Waals surface area contributed by atoms with Crippen molar-refractivity contribution in [2.24, 2.45) is 0 Å². The van der Waals surface area contributed by atoms with Crippen LogP contribution in [0.25, 0.3) is 27.9 Å². The van der Waals surface area contributed by atoms with E-state index >= 15 is 0 Å². The Kier molecular flexibility index (Phi) is 7.14. The number of nitrogens with one attached hydrogen (secondary N) is 2. The second-order valence-electron chi connectivity index (χ2n) is 10.4. The smallest absolute Gasteiger partial charge is 0.263 e. The third-order valence-electron chi connectivity index (χ3n) is 6.51. The zero-order valence-corrected chi connectivity index (χ0v) is 23.1. The van der Waals surface area contributed by atoms with Crippen LogP contribution in [-0.4, -0.2) is 58.2 Å². The molecule has 0 radical (unpaired) electrons. The third kappa shape index (κ3) is 5.52. The lowest BCUT2D eigenvalue weighted by atomic mass is 9.98. The van der Waals surface area contributed by atoms with Crippen molar-refractivity contribution in [3.05, 3.63) is 70.1 Å². The molecule has 0 saturated heterocycles. The fourth-order valence-electron chi connectivity index (χ4n) is 4.34. The summed E-state index contributed by atoms with van der Waals surface area (Å²) in [6, 6.07) is 9.01. The SMILES string of the molecule is CC(C)(C)c1ncc(C(=O)NC(CO)c2ccc(-c3ncnc4[nH]c(C5=CCS(O)(O)CC5)cc34)cc2)s1. The zero-order valence-electron chi connectivity index (χ0n) is 21.4. The first-order valence-electron chi connectivity index (χ1n) is 12.3. The maximum atomic E-state index is 12.8. The second kappa shape index (κ2) is 10.2. The first-order valence-corrected chi connectivity index (χ1v) is 15.0. The van der Waals surface area contributed by atoms with Gasteiger partial charge in [0.1, 0.15) is 16.9 Å². The van der Waals surface area contributed by atoms with Crippen LogP contribution in [-0.2, 0) is 5.41 Å². The minimum Gasteiger partial charge on any atom is -0.394 e. The molecular formula is C27H31N5O4S2. The molecule has 0 bridgehead atoms. The summed E-state index contributed by atoms with van der Waals surface area (Å²) in [5, 5.41) is 14.7. The van der Waals surface area contributed by atoms with E-state index < -0.39 is 16.6 Å². The van der Waals surface area contributed by atoms with Crippen LogP contribution in [0.1, 0.15) is 59.2 Å². The van der Waals surface area contributed by atoms with E-state index in [0.717, 1.165) is 38.5 Å². The van der Waals surface area contributed by atoms with Crippen molar-refractivity contribution < 1.29 is 19.0 Å². The molecule has 0 saturated carbocycles. The molecule has 5 N–H and O–H groups in total. The van der Waals surface area contributed by atoms with Gasteiger partial charge in [0, 0.05) is 27.8 Å². The molecule has 1 atom stereocenters. The fraction of sp³-hybridized carbons (Fsp3) is 0.333. The van der Waals surface area contributed by atoms with Crippen molar-refractivity contribution in [3.63, 3.8) is 0 Å². The number of aromatic nitrogens is 4. The highest BCUT2D eigenvalue weighted by Gasteiger charge is 2.23. The summed E-state index contributed by atoms with van der Waals surface area (Å²) < 4.78 is 19.8. The normalized spacial score (nSPS) is 17.2. The Balaban J connectivity index is 1.36. The topological polar surface area (TPSA) is 144 Å². The van der Waals surface area contributed by atoms with Crippen LogP contribution in [0.2, 0.25) is 0 Å². The van der Waals surface area contributed by atoms with E-state index in [1.54, 1.807) is 6.20 Å². The minimum atomic E-state index is -2.51. The average Bonchev–Trinajstić information content (AvgIpc) is 3.55. The molecule has 0 fully saturated rings. The maximum absolute atomic E-state index is 12.8. The molecule has 4 heterocycles. The summed E-state index contributed by atoms with van der Waals surface area (Å²) in [6.45, 7) is 5.91. The molecule has 9 nitrogen and oxygen atoms in total. The summed E-state index contributed by atoms with van der Waals surface area (Å²) in [5.41, 5.74) is 4.90. The number of benzene rings is 1. The molecule has 38 heavy (non-hydrogen) atoms. The number of thiazole rings is 1. The van der Waals surface area contributed by atoms with Gasteiger partial charge >= 0.3 is 0 Å². The van der Waals surface area contributed by atoms with Gasteiger partial charge in [0.05, 0.1) is 35.3 Å². The Morgan fingerprint density at radius 3 is 2.58 bits per heavy atom. The molecule has 3 aromatic heterocycles. The fourth-order valence-corrected chi connectivity index (χ4v) is 6.40. The molecular weight excluding hydrogens is 522 g/mol. The molecule has 0 aliphatic carbocycles. The lowest BCUT2D eigenvalue weighted by Gasteiger charge is -2.34. The number of amides is 1. The molecule has 5 rings (SSSR count). The minimum absolute atomic E-state index is 0.138. The number of aliphatic hydroxyl groups excluding tert-OH is 1. The average molecular weight is 554 g/mol. The summed E-state index contributed by atoms with van der Waals surface area (Å²) in [5.74, 6) is 0.357. The van der Waals surface area contributed by atoms with E-state index in [1.807, 2.05) is 36.4 Å². The summed E-state index contributed by atoms with van der Waals surface area (Å²) in [4.78, 5) is 29.9. The van der Waals surface area contributed by atoms with Gasteiger partial charge in [0.25, 0.3) is 5.91 Å². The number of hydrogen-bond donors (Lipinski definition) is 5.